The molecule has 0 saturated carbocycles. The maximum Gasteiger partial charge on any atom is 0.320 e. The van der Waals surface area contributed by atoms with Crippen LogP contribution in [0.25, 0.3) is 0 Å². The Balaban J connectivity index is -0.000000307. The van der Waals surface area contributed by atoms with Crippen LogP contribution in [0.2, 0.25) is 0 Å². The van der Waals surface area contributed by atoms with E-state index in [1.807, 2.05) is 214 Å². The first-order valence-corrected chi connectivity index (χ1v) is 31.3. The predicted molar refractivity (Wildman–Crippen MR) is 368 cm³/mol. The maximum absolute atomic E-state index is 11.1. The van der Waals surface area contributed by atoms with E-state index in [1.165, 1.54) is 43.6 Å². The fraction of sp³-hybridized carbons (Fsp3) is 0.453. The monoisotopic (exact) mass is 1250 g/mol. The Morgan fingerprint density at radius 1 is 0.389 bits per heavy atom. The molecule has 1 aliphatic rings. The molecule has 1 aliphatic heterocycles. The van der Waals surface area contributed by atoms with E-state index in [2.05, 4.69) is 51.5 Å². The fourth-order valence-electron chi connectivity index (χ4n) is 7.27. The summed E-state index contributed by atoms with van der Waals surface area (Å²) in [5.74, 6) is -1.96. The maximum atomic E-state index is 11.1. The molecule has 0 aliphatic carbocycles. The number of carboxylic acid groups (broad SMARTS) is 2. The molecule has 1 heterocycles. The predicted octanol–water partition coefficient (Wildman–Crippen LogP) is 14.0. The number of hydrogen-bond donors (Lipinski definition) is 6. The van der Waals surface area contributed by atoms with Crippen LogP contribution >= 0.6 is 0 Å². The van der Waals surface area contributed by atoms with Crippen molar-refractivity contribution in [2.45, 2.75) is 148 Å². The van der Waals surface area contributed by atoms with Gasteiger partial charge < -0.3 is 50.2 Å². The number of aliphatic carboxylic acids is 2. The van der Waals surface area contributed by atoms with Crippen molar-refractivity contribution in [1.29, 1.82) is 0 Å². The Hall–Kier alpha value is -7.53. The Bertz CT molecular complexity index is 2320. The first kappa shape index (κ1) is 91.2. The summed E-state index contributed by atoms with van der Waals surface area (Å²) in [4.78, 5) is 54.2. The summed E-state index contributed by atoms with van der Waals surface area (Å²) in [5, 5.41) is 39.9. The largest absolute Gasteiger partial charge is 0.481 e. The van der Waals surface area contributed by atoms with Gasteiger partial charge in [-0.2, -0.15) is 0 Å². The normalized spacial score (nSPS) is 12.5. The van der Waals surface area contributed by atoms with Crippen molar-refractivity contribution < 1.29 is 68.5 Å². The lowest BCUT2D eigenvalue weighted by molar-refractivity contribution is -0.145. The van der Waals surface area contributed by atoms with Gasteiger partial charge in [-0.15, -0.1) is 0 Å². The summed E-state index contributed by atoms with van der Waals surface area (Å²) in [5.41, 5.74) is 12.3. The van der Waals surface area contributed by atoms with Gasteiger partial charge in [0.25, 0.3) is 0 Å². The molecule has 1 saturated heterocycles. The van der Waals surface area contributed by atoms with Gasteiger partial charge in [0, 0.05) is 19.8 Å². The fourth-order valence-corrected chi connectivity index (χ4v) is 7.27. The van der Waals surface area contributed by atoms with Crippen LogP contribution in [0, 0.1) is 29.6 Å². The SMILES string of the molecule is CC.CC.CC.CC(Cc1ccccc1)C(=O)O.CC(Cc1ccccc1)[C@H]1CO1.CCO.CCO.CCO.COC(=O)C(C)Cc1ccccc1.COC(=O)C(C)Cc1ccccc1.COC(=O)C(C)Cc1ccccc1.NC(Cc1ccccc1)C(=O)O. The molecular weight excluding hydrogens is 1140 g/mol. The first-order valence-electron chi connectivity index (χ1n) is 31.3. The highest BCUT2D eigenvalue weighted by Crippen LogP contribution is 2.23. The number of esters is 3. The number of carbonyl (C=O) groups is 5. The van der Waals surface area contributed by atoms with Crippen LogP contribution in [0.5, 0.6) is 0 Å². The minimum absolute atomic E-state index is 0.0626. The Morgan fingerprint density at radius 3 is 0.756 bits per heavy atom. The number of aliphatic hydroxyl groups is 3. The number of nitrogens with two attached hydrogens (primary N) is 1. The van der Waals surface area contributed by atoms with E-state index in [1.54, 1.807) is 27.7 Å². The zero-order chi connectivity index (χ0) is 69.5. The number of benzene rings is 6. The van der Waals surface area contributed by atoms with E-state index >= 15 is 0 Å². The van der Waals surface area contributed by atoms with Crippen LogP contribution < -0.4 is 5.73 Å². The molecule has 6 unspecified atom stereocenters. The summed E-state index contributed by atoms with van der Waals surface area (Å²) in [6.45, 7) is 28.4. The lowest BCUT2D eigenvalue weighted by atomic mass is 9.99. The molecule has 0 radical (unpaired) electrons. The molecule has 15 heteroatoms. The van der Waals surface area contributed by atoms with E-state index in [-0.39, 0.29) is 61.4 Å². The van der Waals surface area contributed by atoms with E-state index in [0.717, 1.165) is 43.4 Å². The highest BCUT2D eigenvalue weighted by atomic mass is 16.6. The smallest absolute Gasteiger partial charge is 0.320 e. The van der Waals surface area contributed by atoms with Crippen molar-refractivity contribution in [2.24, 2.45) is 35.3 Å². The molecule has 90 heavy (non-hydrogen) atoms. The molecule has 0 spiro atoms. The second kappa shape index (κ2) is 64.5. The van der Waals surface area contributed by atoms with Gasteiger partial charge in [0.15, 0.2) is 0 Å². The second-order valence-electron chi connectivity index (χ2n) is 19.4. The third-order valence-electron chi connectivity index (χ3n) is 11.8. The average Bonchev–Trinajstić information content (AvgIpc) is 4.62. The highest BCUT2D eigenvalue weighted by molar-refractivity contribution is 5.74. The van der Waals surface area contributed by atoms with Crippen molar-refractivity contribution in [3.63, 3.8) is 0 Å². The number of carboxylic acids is 2. The van der Waals surface area contributed by atoms with E-state index < -0.39 is 18.0 Å². The summed E-state index contributed by atoms with van der Waals surface area (Å²) < 4.78 is 19.2. The second-order valence-corrected chi connectivity index (χ2v) is 19.4. The van der Waals surface area contributed by atoms with Crippen molar-refractivity contribution in [2.75, 3.05) is 47.8 Å². The van der Waals surface area contributed by atoms with Crippen molar-refractivity contribution >= 4 is 29.8 Å². The van der Waals surface area contributed by atoms with Gasteiger partial charge in [0.05, 0.1) is 57.7 Å². The van der Waals surface area contributed by atoms with Gasteiger partial charge in [-0.3, -0.25) is 24.0 Å². The zero-order valence-corrected chi connectivity index (χ0v) is 57.4. The molecule has 6 aromatic rings. The quantitative estimate of drug-likeness (QED) is 0.0266. The number of carbonyl (C=O) groups excluding carboxylic acids is 3. The minimum Gasteiger partial charge on any atom is -0.481 e. The number of hydrogen-bond acceptors (Lipinski definition) is 13. The third kappa shape index (κ3) is 53.5. The van der Waals surface area contributed by atoms with Gasteiger partial charge in [0.1, 0.15) is 6.04 Å². The molecule has 15 nitrogen and oxygen atoms in total. The van der Waals surface area contributed by atoms with Gasteiger partial charge in [-0.25, -0.2) is 0 Å². The van der Waals surface area contributed by atoms with Gasteiger partial charge in [0.2, 0.25) is 0 Å². The number of aliphatic hydroxyl groups excluding tert-OH is 3. The highest BCUT2D eigenvalue weighted by Gasteiger charge is 2.29. The minimum atomic E-state index is -0.959. The average molecular weight is 1250 g/mol. The number of rotatable bonds is 18. The Morgan fingerprint density at radius 2 is 0.578 bits per heavy atom. The summed E-state index contributed by atoms with van der Waals surface area (Å²) >= 11 is 0. The number of methoxy groups -OCH3 is 3. The third-order valence-corrected chi connectivity index (χ3v) is 11.8. The van der Waals surface area contributed by atoms with Crippen molar-refractivity contribution in [3.8, 4) is 0 Å². The zero-order valence-electron chi connectivity index (χ0n) is 57.4. The van der Waals surface area contributed by atoms with Crippen molar-refractivity contribution in [3.05, 3.63) is 215 Å². The van der Waals surface area contributed by atoms with Crippen LogP contribution in [-0.2, 0) is 81.4 Å². The lowest BCUT2D eigenvalue weighted by Crippen LogP contribution is -2.32. The molecule has 0 aromatic heterocycles. The van der Waals surface area contributed by atoms with Crippen LogP contribution in [-0.4, -0.2) is 115 Å². The molecule has 0 bridgehead atoms. The molecule has 7 atom stereocenters. The van der Waals surface area contributed by atoms with Gasteiger partial charge >= 0.3 is 29.8 Å². The molecular formula is C75H115NO14. The number of ether oxygens (including phenoxy) is 4. The van der Waals surface area contributed by atoms with Gasteiger partial charge in [-0.1, -0.05) is 258 Å². The molecule has 7 rings (SSSR count). The first-order chi connectivity index (χ1) is 43.2. The van der Waals surface area contributed by atoms with Crippen molar-refractivity contribution in [1.82, 2.24) is 0 Å². The van der Waals surface area contributed by atoms with E-state index in [0.29, 0.717) is 24.9 Å². The van der Waals surface area contributed by atoms with E-state index in [9.17, 15) is 24.0 Å². The molecule has 504 valence electrons. The molecule has 1 fully saturated rings. The Kier molecular flexibility index (Phi) is 65.3. The standard InChI is InChI=1S/3C11H14O2.C11H14O.C10H12O2.C9H11NO2.3C2H6O.3C2H6/c3*1-9(11(12)13-2)8-10-6-4-3-5-7-10;1-9(11-8-12-11)7-10-5-3-2-4-6-10;1-8(10(11)12)7-9-5-3-2-4-6-9;10-8(9(11)12)6-7-4-2-1-3-5-7;3*1-2-3;3*1-2/h3*3-7,9H,8H2,1-2H3;2-6,9,11H,7-8H2,1H3;2-6,8H,7H2,1H3,(H,11,12);1-5,8H,6,10H2,(H,11,12);3*3H,2H2,1H3;3*1-2H3/t;;;9?,11-;;;;;;;;/m...1......../s1. The topological polar surface area (TPSA) is 253 Å². The molecule has 7 N–H and O–H groups in total. The Labute approximate surface area is 542 Å². The van der Waals surface area contributed by atoms with Crippen LogP contribution in [0.3, 0.4) is 0 Å². The summed E-state index contributed by atoms with van der Waals surface area (Å²) in [7, 11) is 4.26. The molecule has 0 amide bonds. The lowest BCUT2D eigenvalue weighted by Gasteiger charge is -2.08. The van der Waals surface area contributed by atoms with Crippen LogP contribution in [0.4, 0.5) is 0 Å². The van der Waals surface area contributed by atoms with Gasteiger partial charge in [-0.05, 0) is 98.6 Å². The molecule has 6 aromatic carbocycles. The number of epoxide rings is 1. The van der Waals surface area contributed by atoms with Crippen LogP contribution in [0.15, 0.2) is 182 Å². The summed E-state index contributed by atoms with van der Waals surface area (Å²) in [6.07, 6.45) is 4.90. The van der Waals surface area contributed by atoms with Crippen LogP contribution in [0.1, 0.15) is 130 Å². The summed E-state index contributed by atoms with van der Waals surface area (Å²) in [6, 6.07) is 58.6. The van der Waals surface area contributed by atoms with E-state index in [4.69, 9.17) is 36.0 Å².